The monoisotopic (exact) mass is 342 g/mol. The zero-order valence-electron chi connectivity index (χ0n) is 13.7. The van der Waals surface area contributed by atoms with Gasteiger partial charge in [-0.15, -0.1) is 0 Å². The van der Waals surface area contributed by atoms with Crippen molar-refractivity contribution in [2.45, 2.75) is 6.18 Å². The van der Waals surface area contributed by atoms with Gasteiger partial charge in [0.2, 0.25) is 0 Å². The van der Waals surface area contributed by atoms with Gasteiger partial charge in [0.05, 0.1) is 17.6 Å². The van der Waals surface area contributed by atoms with E-state index < -0.39 is 11.7 Å². The van der Waals surface area contributed by atoms with E-state index in [4.69, 9.17) is 0 Å². The predicted molar refractivity (Wildman–Crippen MR) is 95.9 cm³/mol. The van der Waals surface area contributed by atoms with Gasteiger partial charge in [-0.3, -0.25) is 4.99 Å². The molecule has 1 aromatic heterocycles. The molecule has 3 aromatic rings. The molecule has 0 saturated heterocycles. The SMILES string of the molecule is Cn1ccc2cccc(C=NC/C=C/c3ccc(C(F)(F)F)cc3)c21. The van der Waals surface area contributed by atoms with Gasteiger partial charge in [-0.05, 0) is 23.8 Å². The van der Waals surface area contributed by atoms with Gasteiger partial charge in [-0.2, -0.15) is 13.2 Å². The van der Waals surface area contributed by atoms with E-state index in [9.17, 15) is 13.2 Å². The lowest BCUT2D eigenvalue weighted by atomic mass is 10.1. The third kappa shape index (κ3) is 3.99. The van der Waals surface area contributed by atoms with Crippen molar-refractivity contribution in [1.29, 1.82) is 0 Å². The molecular weight excluding hydrogens is 325 g/mol. The van der Waals surface area contributed by atoms with Crippen molar-refractivity contribution in [3.8, 4) is 0 Å². The van der Waals surface area contributed by atoms with E-state index in [1.54, 1.807) is 6.08 Å². The normalized spacial score (nSPS) is 12.6. The molecule has 0 fully saturated rings. The number of nitrogens with zero attached hydrogens (tertiary/aromatic N) is 2. The quantitative estimate of drug-likeness (QED) is 0.570. The number of halogens is 3. The van der Waals surface area contributed by atoms with E-state index >= 15 is 0 Å². The van der Waals surface area contributed by atoms with Crippen LogP contribution in [0.25, 0.3) is 17.0 Å². The number of benzene rings is 2. The first-order valence-corrected chi connectivity index (χ1v) is 7.83. The molecule has 0 spiro atoms. The number of hydrogen-bond acceptors (Lipinski definition) is 1. The maximum atomic E-state index is 12.5. The molecule has 2 aromatic carbocycles. The minimum Gasteiger partial charge on any atom is -0.350 e. The first-order valence-electron chi connectivity index (χ1n) is 7.83. The third-order valence-electron chi connectivity index (χ3n) is 3.92. The molecule has 0 unspecified atom stereocenters. The van der Waals surface area contributed by atoms with Crippen LogP contribution in [0.15, 0.2) is 65.8 Å². The van der Waals surface area contributed by atoms with Crippen molar-refractivity contribution >= 4 is 23.2 Å². The van der Waals surface area contributed by atoms with Gasteiger partial charge in [0.25, 0.3) is 0 Å². The molecule has 5 heteroatoms. The summed E-state index contributed by atoms with van der Waals surface area (Å²) in [5.41, 5.74) is 2.23. The average molecular weight is 342 g/mol. The molecular formula is C20H17F3N2. The van der Waals surface area contributed by atoms with Crippen LogP contribution in [0.5, 0.6) is 0 Å². The van der Waals surface area contributed by atoms with Crippen molar-refractivity contribution in [3.63, 3.8) is 0 Å². The highest BCUT2D eigenvalue weighted by molar-refractivity contribution is 5.98. The molecule has 128 valence electrons. The molecule has 0 atom stereocenters. The lowest BCUT2D eigenvalue weighted by Gasteiger charge is -2.05. The number of aliphatic imine (C=N–C) groups is 1. The highest BCUT2D eigenvalue weighted by Crippen LogP contribution is 2.29. The van der Waals surface area contributed by atoms with Crippen LogP contribution >= 0.6 is 0 Å². The molecule has 0 saturated carbocycles. The van der Waals surface area contributed by atoms with Crippen LogP contribution in [0.1, 0.15) is 16.7 Å². The molecule has 25 heavy (non-hydrogen) atoms. The number of aromatic nitrogens is 1. The van der Waals surface area contributed by atoms with Crippen LogP contribution in [-0.2, 0) is 13.2 Å². The first-order chi connectivity index (χ1) is 11.9. The Morgan fingerprint density at radius 3 is 2.52 bits per heavy atom. The average Bonchev–Trinajstić information content (AvgIpc) is 2.96. The Hall–Kier alpha value is -2.82. The fraction of sp³-hybridized carbons (Fsp3) is 0.150. The Kier molecular flexibility index (Phi) is 4.74. The van der Waals surface area contributed by atoms with Crippen molar-refractivity contribution in [1.82, 2.24) is 4.57 Å². The topological polar surface area (TPSA) is 17.3 Å². The molecule has 0 aliphatic carbocycles. The number of aryl methyl sites for hydroxylation is 1. The molecule has 0 aliphatic rings. The standard InChI is InChI=1S/C20H17F3N2/c1-25-13-11-16-5-2-6-17(19(16)25)14-24-12-3-4-15-7-9-18(10-8-15)20(21,22)23/h2-11,13-14H,12H2,1H3/b4-3+,24-14?. The van der Waals surface area contributed by atoms with Crippen LogP contribution in [0.2, 0.25) is 0 Å². The van der Waals surface area contributed by atoms with Gasteiger partial charge >= 0.3 is 6.18 Å². The van der Waals surface area contributed by atoms with Gasteiger partial charge in [0.15, 0.2) is 0 Å². The van der Waals surface area contributed by atoms with E-state index in [0.717, 1.165) is 28.6 Å². The van der Waals surface area contributed by atoms with Gasteiger partial charge in [-0.25, -0.2) is 0 Å². The summed E-state index contributed by atoms with van der Waals surface area (Å²) in [7, 11) is 1.99. The summed E-state index contributed by atoms with van der Waals surface area (Å²) in [6, 6.07) is 13.2. The highest BCUT2D eigenvalue weighted by atomic mass is 19.4. The van der Waals surface area contributed by atoms with E-state index in [2.05, 4.69) is 21.7 Å². The van der Waals surface area contributed by atoms with Crippen molar-refractivity contribution < 1.29 is 13.2 Å². The van der Waals surface area contributed by atoms with E-state index in [-0.39, 0.29) is 0 Å². The molecule has 1 heterocycles. The van der Waals surface area contributed by atoms with Crippen LogP contribution in [0, 0.1) is 0 Å². The Labute approximate surface area is 143 Å². The summed E-state index contributed by atoms with van der Waals surface area (Å²) in [5, 5.41) is 1.16. The second-order valence-corrected chi connectivity index (χ2v) is 5.73. The summed E-state index contributed by atoms with van der Waals surface area (Å²) >= 11 is 0. The maximum absolute atomic E-state index is 12.5. The Bertz CT molecular complexity index is 916. The number of hydrogen-bond donors (Lipinski definition) is 0. The summed E-state index contributed by atoms with van der Waals surface area (Å²) in [6.45, 7) is 0.460. The zero-order valence-corrected chi connectivity index (χ0v) is 13.7. The van der Waals surface area contributed by atoms with E-state index in [1.165, 1.54) is 12.1 Å². The molecule has 0 N–H and O–H groups in total. The number of rotatable bonds is 4. The molecule has 0 aliphatic heterocycles. The van der Waals surface area contributed by atoms with Gasteiger partial charge in [0, 0.05) is 30.4 Å². The van der Waals surface area contributed by atoms with Crippen LogP contribution < -0.4 is 0 Å². The lowest BCUT2D eigenvalue weighted by Crippen LogP contribution is -2.03. The smallest absolute Gasteiger partial charge is 0.350 e. The molecule has 0 radical (unpaired) electrons. The second kappa shape index (κ2) is 6.97. The van der Waals surface area contributed by atoms with Gasteiger partial charge < -0.3 is 4.57 Å². The fourth-order valence-electron chi connectivity index (χ4n) is 2.68. The van der Waals surface area contributed by atoms with Gasteiger partial charge in [-0.1, -0.05) is 42.5 Å². The Morgan fingerprint density at radius 1 is 1.04 bits per heavy atom. The minimum absolute atomic E-state index is 0.460. The maximum Gasteiger partial charge on any atom is 0.416 e. The Morgan fingerprint density at radius 2 is 1.80 bits per heavy atom. The van der Waals surface area contributed by atoms with Crippen molar-refractivity contribution in [2.75, 3.05) is 6.54 Å². The molecule has 0 bridgehead atoms. The summed E-state index contributed by atoms with van der Waals surface area (Å²) in [6.07, 6.45) is 3.11. The molecule has 3 rings (SSSR count). The first kappa shape index (κ1) is 17.0. The third-order valence-corrected chi connectivity index (χ3v) is 3.92. The largest absolute Gasteiger partial charge is 0.416 e. The number of alkyl halides is 3. The van der Waals surface area contributed by atoms with E-state index in [1.807, 2.05) is 37.7 Å². The van der Waals surface area contributed by atoms with E-state index in [0.29, 0.717) is 12.1 Å². The zero-order chi connectivity index (χ0) is 17.9. The lowest BCUT2D eigenvalue weighted by molar-refractivity contribution is -0.137. The fourth-order valence-corrected chi connectivity index (χ4v) is 2.68. The second-order valence-electron chi connectivity index (χ2n) is 5.73. The van der Waals surface area contributed by atoms with Crippen molar-refractivity contribution in [3.05, 3.63) is 77.5 Å². The predicted octanol–water partition coefficient (Wildman–Crippen LogP) is 5.33. The molecule has 2 nitrogen and oxygen atoms in total. The van der Waals surface area contributed by atoms with Crippen LogP contribution in [-0.4, -0.2) is 17.3 Å². The summed E-state index contributed by atoms with van der Waals surface area (Å²) in [4.78, 5) is 4.38. The minimum atomic E-state index is -4.30. The number of fused-ring (bicyclic) bond motifs is 1. The van der Waals surface area contributed by atoms with Crippen LogP contribution in [0.3, 0.4) is 0 Å². The number of para-hydroxylation sites is 1. The van der Waals surface area contributed by atoms with Gasteiger partial charge in [0.1, 0.15) is 0 Å². The summed E-state index contributed by atoms with van der Waals surface area (Å²) in [5.74, 6) is 0. The van der Waals surface area contributed by atoms with Crippen molar-refractivity contribution in [2.24, 2.45) is 12.0 Å². The molecule has 0 amide bonds. The Balaban J connectivity index is 1.65. The summed E-state index contributed by atoms with van der Waals surface area (Å²) < 4.78 is 39.6. The van der Waals surface area contributed by atoms with Crippen LogP contribution in [0.4, 0.5) is 13.2 Å². The highest BCUT2D eigenvalue weighted by Gasteiger charge is 2.29.